The van der Waals surface area contributed by atoms with Gasteiger partial charge in [-0.3, -0.25) is 4.79 Å². The van der Waals surface area contributed by atoms with Gasteiger partial charge in [0.2, 0.25) is 5.91 Å². The number of carbonyl (C=O) groups excluding carboxylic acids is 1. The third-order valence-electron chi connectivity index (χ3n) is 3.13. The molecule has 0 aliphatic carbocycles. The zero-order valence-corrected chi connectivity index (χ0v) is 12.4. The predicted molar refractivity (Wildman–Crippen MR) is 77.0 cm³/mol. The van der Waals surface area contributed by atoms with Gasteiger partial charge in [-0.1, -0.05) is 25.5 Å². The van der Waals surface area contributed by atoms with Crippen LogP contribution in [-0.2, 0) is 4.79 Å². The first-order chi connectivity index (χ1) is 9.38. The molecule has 0 saturated carbocycles. The number of carbonyl (C=O) groups is 1. The van der Waals surface area contributed by atoms with Crippen molar-refractivity contribution in [3.05, 3.63) is 30.1 Å². The van der Waals surface area contributed by atoms with Crippen molar-refractivity contribution in [3.63, 3.8) is 0 Å². The van der Waals surface area contributed by atoms with Gasteiger partial charge in [-0.2, -0.15) is 0 Å². The summed E-state index contributed by atoms with van der Waals surface area (Å²) in [6, 6.07) is 6.19. The van der Waals surface area contributed by atoms with Crippen LogP contribution in [0.1, 0.15) is 26.7 Å². The van der Waals surface area contributed by atoms with Crippen molar-refractivity contribution in [2.45, 2.75) is 32.2 Å². The number of hydrogen-bond acceptors (Lipinski definition) is 3. The molecule has 1 unspecified atom stereocenters. The molecule has 5 heteroatoms. The van der Waals surface area contributed by atoms with E-state index < -0.39 is 11.4 Å². The molecule has 112 valence electrons. The normalized spacial score (nSPS) is 13.7. The lowest BCUT2D eigenvalue weighted by molar-refractivity contribution is -0.135. The molecule has 0 fully saturated rings. The van der Waals surface area contributed by atoms with Gasteiger partial charge in [0, 0.05) is 7.05 Å². The number of nitrogens with zero attached hydrogens (tertiary/aromatic N) is 1. The molecule has 1 aromatic carbocycles. The first kappa shape index (κ1) is 16.4. The predicted octanol–water partition coefficient (Wildman–Crippen LogP) is 2.18. The van der Waals surface area contributed by atoms with E-state index in [4.69, 9.17) is 10.5 Å². The molecule has 1 atom stereocenters. The fraction of sp³-hybridized carbons (Fsp3) is 0.533. The van der Waals surface area contributed by atoms with Crippen LogP contribution in [0.25, 0.3) is 0 Å². The molecule has 0 spiro atoms. The van der Waals surface area contributed by atoms with E-state index in [1.165, 1.54) is 11.0 Å². The van der Waals surface area contributed by atoms with Gasteiger partial charge in [0.25, 0.3) is 0 Å². The lowest BCUT2D eigenvalue weighted by Gasteiger charge is -2.28. The average Bonchev–Trinajstić information content (AvgIpc) is 2.40. The van der Waals surface area contributed by atoms with Gasteiger partial charge < -0.3 is 15.4 Å². The summed E-state index contributed by atoms with van der Waals surface area (Å²) in [5, 5.41) is 0. The monoisotopic (exact) mass is 282 g/mol. The summed E-state index contributed by atoms with van der Waals surface area (Å²) in [5.74, 6) is -0.343. The van der Waals surface area contributed by atoms with Crippen LogP contribution >= 0.6 is 0 Å². The Morgan fingerprint density at radius 1 is 1.45 bits per heavy atom. The minimum Gasteiger partial charge on any atom is -0.489 e. The number of hydrogen-bond donors (Lipinski definition) is 1. The molecular weight excluding hydrogens is 259 g/mol. The average molecular weight is 282 g/mol. The Morgan fingerprint density at radius 3 is 2.70 bits per heavy atom. The van der Waals surface area contributed by atoms with Crippen molar-refractivity contribution < 1.29 is 13.9 Å². The highest BCUT2D eigenvalue weighted by atomic mass is 19.1. The van der Waals surface area contributed by atoms with Crippen LogP contribution in [0, 0.1) is 5.82 Å². The molecule has 0 heterocycles. The second kappa shape index (κ2) is 7.24. The Hall–Kier alpha value is -1.62. The third-order valence-corrected chi connectivity index (χ3v) is 3.13. The van der Waals surface area contributed by atoms with Gasteiger partial charge in [-0.15, -0.1) is 0 Å². The van der Waals surface area contributed by atoms with E-state index in [0.29, 0.717) is 13.0 Å². The molecule has 1 amide bonds. The standard InChI is InChI=1S/C15H23FN2O2/c1-4-9-15(2,17)14(19)18(3)10-11-20-13-8-6-5-7-12(13)16/h5-8H,4,9-11,17H2,1-3H3. The van der Waals surface area contributed by atoms with Gasteiger partial charge in [0.15, 0.2) is 11.6 Å². The molecule has 0 aromatic heterocycles. The van der Waals surface area contributed by atoms with Gasteiger partial charge >= 0.3 is 0 Å². The van der Waals surface area contributed by atoms with Gasteiger partial charge in [-0.05, 0) is 25.5 Å². The third kappa shape index (κ3) is 4.49. The fourth-order valence-corrected chi connectivity index (χ4v) is 2.02. The Labute approximate surface area is 119 Å². The summed E-state index contributed by atoms with van der Waals surface area (Å²) < 4.78 is 18.7. The highest BCUT2D eigenvalue weighted by Gasteiger charge is 2.29. The van der Waals surface area contributed by atoms with Crippen LogP contribution in [0.15, 0.2) is 24.3 Å². The van der Waals surface area contributed by atoms with Crippen LogP contribution in [0.5, 0.6) is 5.75 Å². The molecular formula is C15H23FN2O2. The number of likely N-dealkylation sites (N-methyl/N-ethyl adjacent to an activating group) is 1. The highest BCUT2D eigenvalue weighted by molar-refractivity contribution is 5.85. The van der Waals surface area contributed by atoms with E-state index in [2.05, 4.69) is 0 Å². The maximum absolute atomic E-state index is 13.3. The summed E-state index contributed by atoms with van der Waals surface area (Å²) in [7, 11) is 1.67. The first-order valence-electron chi connectivity index (χ1n) is 6.80. The van der Waals surface area contributed by atoms with Crippen molar-refractivity contribution in [2.75, 3.05) is 20.2 Å². The Balaban J connectivity index is 2.46. The van der Waals surface area contributed by atoms with Crippen LogP contribution in [0.2, 0.25) is 0 Å². The number of rotatable bonds is 7. The summed E-state index contributed by atoms with van der Waals surface area (Å²) in [4.78, 5) is 13.7. The molecule has 0 bridgehead atoms. The second-order valence-electron chi connectivity index (χ2n) is 5.17. The van der Waals surface area contributed by atoms with Gasteiger partial charge in [-0.25, -0.2) is 4.39 Å². The lowest BCUT2D eigenvalue weighted by atomic mass is 9.96. The topological polar surface area (TPSA) is 55.6 Å². The minimum atomic E-state index is -0.860. The van der Waals surface area contributed by atoms with E-state index in [9.17, 15) is 9.18 Å². The molecule has 4 nitrogen and oxygen atoms in total. The van der Waals surface area contributed by atoms with Gasteiger partial charge in [0.1, 0.15) is 6.61 Å². The largest absolute Gasteiger partial charge is 0.489 e. The first-order valence-corrected chi connectivity index (χ1v) is 6.80. The second-order valence-corrected chi connectivity index (χ2v) is 5.17. The zero-order valence-electron chi connectivity index (χ0n) is 12.4. The maximum Gasteiger partial charge on any atom is 0.242 e. The number of amides is 1. The molecule has 2 N–H and O–H groups in total. The van der Waals surface area contributed by atoms with Crippen molar-refractivity contribution in [2.24, 2.45) is 5.73 Å². The number of para-hydroxylation sites is 1. The minimum absolute atomic E-state index is 0.128. The summed E-state index contributed by atoms with van der Waals surface area (Å²) >= 11 is 0. The highest BCUT2D eigenvalue weighted by Crippen LogP contribution is 2.15. The summed E-state index contributed by atoms with van der Waals surface area (Å²) in [6.45, 7) is 4.31. The zero-order chi connectivity index (χ0) is 15.2. The summed E-state index contributed by atoms with van der Waals surface area (Å²) in [5.41, 5.74) is 5.13. The quantitative estimate of drug-likeness (QED) is 0.834. The van der Waals surface area contributed by atoms with Crippen LogP contribution < -0.4 is 10.5 Å². The van der Waals surface area contributed by atoms with Crippen molar-refractivity contribution in [1.82, 2.24) is 4.90 Å². The van der Waals surface area contributed by atoms with Crippen molar-refractivity contribution in [3.8, 4) is 5.75 Å². The van der Waals surface area contributed by atoms with E-state index in [-0.39, 0.29) is 18.3 Å². The molecule has 0 radical (unpaired) electrons. The Bertz CT molecular complexity index is 449. The maximum atomic E-state index is 13.3. The number of ether oxygens (including phenoxy) is 1. The molecule has 0 saturated heterocycles. The van der Waals surface area contributed by atoms with E-state index in [1.807, 2.05) is 6.92 Å². The molecule has 1 aromatic rings. The number of halogens is 1. The fourth-order valence-electron chi connectivity index (χ4n) is 2.02. The van der Waals surface area contributed by atoms with Crippen LogP contribution in [0.3, 0.4) is 0 Å². The Kier molecular flexibility index (Phi) is 5.95. The summed E-state index contributed by atoms with van der Waals surface area (Å²) in [6.07, 6.45) is 1.47. The van der Waals surface area contributed by atoms with Crippen LogP contribution in [0.4, 0.5) is 4.39 Å². The molecule has 0 aliphatic heterocycles. The molecule has 20 heavy (non-hydrogen) atoms. The molecule has 0 aliphatic rings. The van der Waals surface area contributed by atoms with E-state index >= 15 is 0 Å². The molecule has 1 rings (SSSR count). The Morgan fingerprint density at radius 2 is 2.10 bits per heavy atom. The SMILES string of the molecule is CCCC(C)(N)C(=O)N(C)CCOc1ccccc1F. The van der Waals surface area contributed by atoms with E-state index in [1.54, 1.807) is 32.2 Å². The van der Waals surface area contributed by atoms with E-state index in [0.717, 1.165) is 6.42 Å². The smallest absolute Gasteiger partial charge is 0.242 e. The van der Waals surface area contributed by atoms with Crippen molar-refractivity contribution in [1.29, 1.82) is 0 Å². The number of nitrogens with two attached hydrogens (primary N) is 1. The lowest BCUT2D eigenvalue weighted by Crippen LogP contribution is -2.52. The number of benzene rings is 1. The van der Waals surface area contributed by atoms with Crippen LogP contribution in [-0.4, -0.2) is 36.5 Å². The van der Waals surface area contributed by atoms with Gasteiger partial charge in [0.05, 0.1) is 12.1 Å². The van der Waals surface area contributed by atoms with Crippen molar-refractivity contribution >= 4 is 5.91 Å².